The van der Waals surface area contributed by atoms with Crippen LogP contribution in [0.1, 0.15) is 92.4 Å². The molecule has 1 heteroatoms. The summed E-state index contributed by atoms with van der Waals surface area (Å²) in [6.45, 7) is 12.2. The third-order valence-corrected chi connectivity index (χ3v) is 9.87. The second-order valence-electron chi connectivity index (χ2n) is 11.8. The van der Waals surface area contributed by atoms with Gasteiger partial charge in [-0.15, -0.1) is 0 Å². The second kappa shape index (κ2) is 7.60. The van der Waals surface area contributed by atoms with Crippen molar-refractivity contribution in [1.29, 1.82) is 0 Å². The molecule has 0 aromatic carbocycles. The van der Waals surface area contributed by atoms with Gasteiger partial charge in [-0.25, -0.2) is 0 Å². The number of rotatable bonds is 5. The summed E-state index contributed by atoms with van der Waals surface area (Å²) in [5.41, 5.74) is 2.47. The van der Waals surface area contributed by atoms with E-state index in [-0.39, 0.29) is 6.10 Å². The third-order valence-electron chi connectivity index (χ3n) is 9.87. The maximum absolute atomic E-state index is 11.2. The van der Waals surface area contributed by atoms with E-state index in [1.165, 1.54) is 51.4 Å². The van der Waals surface area contributed by atoms with Gasteiger partial charge in [0.15, 0.2) is 0 Å². The zero-order valence-corrected chi connectivity index (χ0v) is 19.1. The Kier molecular flexibility index (Phi) is 5.62. The Morgan fingerprint density at radius 2 is 1.89 bits per heavy atom. The minimum atomic E-state index is -0.0706. The van der Waals surface area contributed by atoms with E-state index in [0.717, 1.165) is 30.1 Å². The van der Waals surface area contributed by atoms with Crippen molar-refractivity contribution in [3.05, 3.63) is 23.8 Å². The number of aliphatic hydroxyl groups excluding tert-OH is 1. The SMILES string of the molecule is CC(C)CCC[C@@H](C)[C@H]1[C@@H](O)C[C@H]2[C@@H]3CCC4=CC=CC[C@]4(C)[C@H]3CC[C@]12C. The molecular weight excluding hydrogens is 340 g/mol. The lowest BCUT2D eigenvalue weighted by molar-refractivity contribution is -0.0600. The lowest BCUT2D eigenvalue weighted by atomic mass is 9.47. The van der Waals surface area contributed by atoms with Crippen molar-refractivity contribution in [2.45, 2.75) is 98.5 Å². The van der Waals surface area contributed by atoms with Gasteiger partial charge in [-0.2, -0.15) is 0 Å². The summed E-state index contributed by atoms with van der Waals surface area (Å²) in [4.78, 5) is 0. The minimum Gasteiger partial charge on any atom is -0.393 e. The molecule has 3 fully saturated rings. The summed E-state index contributed by atoms with van der Waals surface area (Å²) >= 11 is 0. The standard InChI is InChI=1S/C27H44O/c1-18(2)9-8-10-19(3)25-24(28)17-23-21-13-12-20-11-6-7-15-26(20,4)22(21)14-16-27(23,25)5/h6-7,11,18-19,21-25,28H,8-10,12-17H2,1-5H3/t19-,21-,22+,23+,24+,25+,26+,27+/m1/s1. The molecule has 0 aromatic rings. The summed E-state index contributed by atoms with van der Waals surface area (Å²) in [5.74, 6) is 4.37. The van der Waals surface area contributed by atoms with Gasteiger partial charge in [0.25, 0.3) is 0 Å². The van der Waals surface area contributed by atoms with E-state index in [2.05, 4.69) is 52.8 Å². The normalized spacial score (nSPS) is 46.0. The molecule has 0 aromatic heterocycles. The Morgan fingerprint density at radius 1 is 1.11 bits per heavy atom. The summed E-state index contributed by atoms with van der Waals surface area (Å²) in [5, 5.41) is 11.2. The van der Waals surface area contributed by atoms with Crippen molar-refractivity contribution < 1.29 is 5.11 Å². The van der Waals surface area contributed by atoms with Crippen LogP contribution in [0, 0.1) is 46.3 Å². The molecular formula is C27H44O. The van der Waals surface area contributed by atoms with Crippen LogP contribution in [0.25, 0.3) is 0 Å². The fourth-order valence-corrected chi connectivity index (χ4v) is 8.49. The van der Waals surface area contributed by atoms with Gasteiger partial charge in [-0.1, -0.05) is 77.7 Å². The molecule has 4 aliphatic rings. The Morgan fingerprint density at radius 3 is 2.64 bits per heavy atom. The molecule has 4 rings (SSSR count). The van der Waals surface area contributed by atoms with Crippen LogP contribution < -0.4 is 0 Å². The van der Waals surface area contributed by atoms with Gasteiger partial charge in [0, 0.05) is 0 Å². The maximum Gasteiger partial charge on any atom is 0.0579 e. The maximum atomic E-state index is 11.2. The predicted octanol–water partition coefficient (Wildman–Crippen LogP) is 7.16. The van der Waals surface area contributed by atoms with Crippen molar-refractivity contribution in [2.24, 2.45) is 46.3 Å². The fraction of sp³-hybridized carbons (Fsp3) is 0.852. The van der Waals surface area contributed by atoms with Gasteiger partial charge in [-0.05, 0) is 84.9 Å². The van der Waals surface area contributed by atoms with Crippen LogP contribution in [0.15, 0.2) is 23.8 Å². The predicted molar refractivity (Wildman–Crippen MR) is 119 cm³/mol. The molecule has 0 saturated heterocycles. The lowest BCUT2D eigenvalue weighted by Gasteiger charge is -2.58. The van der Waals surface area contributed by atoms with Crippen molar-refractivity contribution in [3.63, 3.8) is 0 Å². The highest BCUT2D eigenvalue weighted by molar-refractivity contribution is 5.30. The Labute approximate surface area is 174 Å². The molecule has 0 aliphatic heterocycles. The number of hydrogen-bond acceptors (Lipinski definition) is 1. The first-order valence-electron chi connectivity index (χ1n) is 12.3. The van der Waals surface area contributed by atoms with Crippen LogP contribution in [0.3, 0.4) is 0 Å². The minimum absolute atomic E-state index is 0.0706. The molecule has 158 valence electrons. The van der Waals surface area contributed by atoms with Gasteiger partial charge < -0.3 is 5.11 Å². The van der Waals surface area contributed by atoms with Crippen molar-refractivity contribution in [3.8, 4) is 0 Å². The highest BCUT2D eigenvalue weighted by Crippen LogP contribution is 2.67. The van der Waals surface area contributed by atoms with Crippen molar-refractivity contribution in [2.75, 3.05) is 0 Å². The molecule has 28 heavy (non-hydrogen) atoms. The van der Waals surface area contributed by atoms with Crippen molar-refractivity contribution >= 4 is 0 Å². The Hall–Kier alpha value is -0.560. The summed E-state index contributed by atoms with van der Waals surface area (Å²) in [7, 11) is 0. The first-order valence-corrected chi connectivity index (χ1v) is 12.3. The molecule has 0 radical (unpaired) electrons. The van der Waals surface area contributed by atoms with E-state index in [1.54, 1.807) is 5.57 Å². The molecule has 8 atom stereocenters. The zero-order chi connectivity index (χ0) is 20.1. The van der Waals surface area contributed by atoms with Crippen LogP contribution in [0.2, 0.25) is 0 Å². The lowest BCUT2D eigenvalue weighted by Crippen LogP contribution is -2.50. The smallest absolute Gasteiger partial charge is 0.0579 e. The Balaban J connectivity index is 1.53. The number of allylic oxidation sites excluding steroid dienone is 4. The molecule has 0 bridgehead atoms. The molecule has 1 nitrogen and oxygen atoms in total. The van der Waals surface area contributed by atoms with Gasteiger partial charge in [0.1, 0.15) is 0 Å². The van der Waals surface area contributed by atoms with Crippen LogP contribution >= 0.6 is 0 Å². The Bertz CT molecular complexity index is 630. The van der Waals surface area contributed by atoms with Gasteiger partial charge in [0.05, 0.1) is 6.10 Å². The molecule has 0 unspecified atom stereocenters. The zero-order valence-electron chi connectivity index (χ0n) is 19.1. The van der Waals surface area contributed by atoms with E-state index in [0.29, 0.717) is 22.7 Å². The average molecular weight is 385 g/mol. The van der Waals surface area contributed by atoms with E-state index in [4.69, 9.17) is 0 Å². The molecule has 0 heterocycles. The van der Waals surface area contributed by atoms with E-state index >= 15 is 0 Å². The van der Waals surface area contributed by atoms with Crippen LogP contribution in [-0.2, 0) is 0 Å². The van der Waals surface area contributed by atoms with Gasteiger partial charge in [-0.3, -0.25) is 0 Å². The average Bonchev–Trinajstić information content (AvgIpc) is 2.91. The van der Waals surface area contributed by atoms with E-state index in [9.17, 15) is 5.11 Å². The third kappa shape index (κ3) is 3.24. The summed E-state index contributed by atoms with van der Waals surface area (Å²) in [6.07, 6.45) is 18.7. The van der Waals surface area contributed by atoms with Crippen LogP contribution in [0.4, 0.5) is 0 Å². The van der Waals surface area contributed by atoms with Gasteiger partial charge in [0.2, 0.25) is 0 Å². The number of hydrogen-bond donors (Lipinski definition) is 1. The monoisotopic (exact) mass is 384 g/mol. The van der Waals surface area contributed by atoms with Crippen LogP contribution in [0.5, 0.6) is 0 Å². The molecule has 0 spiro atoms. The summed E-state index contributed by atoms with van der Waals surface area (Å²) < 4.78 is 0. The number of aliphatic hydroxyl groups is 1. The largest absolute Gasteiger partial charge is 0.393 e. The summed E-state index contributed by atoms with van der Waals surface area (Å²) in [6, 6.07) is 0. The highest BCUT2D eigenvalue weighted by atomic mass is 16.3. The quantitative estimate of drug-likeness (QED) is 0.533. The molecule has 1 N–H and O–H groups in total. The topological polar surface area (TPSA) is 20.2 Å². The first kappa shape index (κ1) is 20.7. The molecule has 0 amide bonds. The van der Waals surface area contributed by atoms with E-state index in [1.807, 2.05) is 0 Å². The number of fused-ring (bicyclic) bond motifs is 5. The highest BCUT2D eigenvalue weighted by Gasteiger charge is 2.61. The molecule has 4 aliphatic carbocycles. The molecule has 3 saturated carbocycles. The van der Waals surface area contributed by atoms with E-state index < -0.39 is 0 Å². The van der Waals surface area contributed by atoms with Gasteiger partial charge >= 0.3 is 0 Å². The fourth-order valence-electron chi connectivity index (χ4n) is 8.49. The first-order chi connectivity index (χ1) is 13.3. The second-order valence-corrected chi connectivity index (χ2v) is 11.8. The van der Waals surface area contributed by atoms with Crippen LogP contribution in [-0.4, -0.2) is 11.2 Å². The van der Waals surface area contributed by atoms with Crippen molar-refractivity contribution in [1.82, 2.24) is 0 Å².